The normalized spacial score (nSPS) is 13.3. The number of carbonyl (C=O) groups excluding carboxylic acids is 1. The Kier molecular flexibility index (Phi) is 5.31. The third-order valence-corrected chi connectivity index (χ3v) is 5.94. The topological polar surface area (TPSA) is 138 Å². The van der Waals surface area contributed by atoms with Crippen molar-refractivity contribution in [3.8, 4) is 11.8 Å². The van der Waals surface area contributed by atoms with Crippen molar-refractivity contribution >= 4 is 27.3 Å². The molecule has 0 bridgehead atoms. The van der Waals surface area contributed by atoms with Crippen LogP contribution in [0.5, 0.6) is 5.75 Å². The Bertz CT molecular complexity index is 1280. The number of nitrogens with zero attached hydrogens (tertiary/aromatic N) is 4. The minimum Gasteiger partial charge on any atom is -0.482 e. The SMILES string of the molecule is CCc1nc(CN2C(=O)COc3ccc(S(=O)(=O)Nc4ccc(C#N)cc4)cc32)no1. The zero-order valence-corrected chi connectivity index (χ0v) is 17.2. The summed E-state index contributed by atoms with van der Waals surface area (Å²) in [5, 5.41) is 12.7. The van der Waals surface area contributed by atoms with Crippen molar-refractivity contribution in [3.05, 3.63) is 59.7 Å². The summed E-state index contributed by atoms with van der Waals surface area (Å²) in [6.45, 7) is 1.71. The highest BCUT2D eigenvalue weighted by Crippen LogP contribution is 2.35. The largest absolute Gasteiger partial charge is 0.482 e. The second kappa shape index (κ2) is 8.08. The number of ether oxygens (including phenoxy) is 1. The molecule has 0 spiro atoms. The molecule has 1 aliphatic rings. The predicted molar refractivity (Wildman–Crippen MR) is 109 cm³/mol. The summed E-state index contributed by atoms with van der Waals surface area (Å²) in [7, 11) is -3.96. The summed E-state index contributed by atoms with van der Waals surface area (Å²) < 4.78 is 38.7. The summed E-state index contributed by atoms with van der Waals surface area (Å²) in [5.41, 5.74) is 1.01. The quantitative estimate of drug-likeness (QED) is 0.617. The van der Waals surface area contributed by atoms with Crippen LogP contribution in [0, 0.1) is 11.3 Å². The summed E-state index contributed by atoms with van der Waals surface area (Å²) in [5.74, 6) is 0.766. The van der Waals surface area contributed by atoms with Crippen molar-refractivity contribution in [2.45, 2.75) is 24.8 Å². The van der Waals surface area contributed by atoms with Crippen LogP contribution in [0.15, 0.2) is 51.9 Å². The number of nitrogens with one attached hydrogen (secondary N) is 1. The van der Waals surface area contributed by atoms with E-state index in [9.17, 15) is 13.2 Å². The van der Waals surface area contributed by atoms with Crippen LogP contribution in [-0.4, -0.2) is 31.1 Å². The van der Waals surface area contributed by atoms with Crippen molar-refractivity contribution in [2.75, 3.05) is 16.2 Å². The Morgan fingerprint density at radius 1 is 1.23 bits per heavy atom. The number of rotatable bonds is 6. The van der Waals surface area contributed by atoms with E-state index in [2.05, 4.69) is 14.9 Å². The molecule has 1 aromatic heterocycles. The van der Waals surface area contributed by atoms with E-state index >= 15 is 0 Å². The Labute approximate surface area is 178 Å². The lowest BCUT2D eigenvalue weighted by molar-refractivity contribution is -0.121. The third-order valence-electron chi connectivity index (χ3n) is 4.56. The molecule has 1 N–H and O–H groups in total. The van der Waals surface area contributed by atoms with Gasteiger partial charge in [0.2, 0.25) is 5.89 Å². The molecule has 0 unspecified atom stereocenters. The van der Waals surface area contributed by atoms with Gasteiger partial charge in [-0.1, -0.05) is 12.1 Å². The molecule has 31 heavy (non-hydrogen) atoms. The van der Waals surface area contributed by atoms with Crippen LogP contribution in [0.25, 0.3) is 0 Å². The Morgan fingerprint density at radius 3 is 2.68 bits per heavy atom. The number of aromatic nitrogens is 2. The Hall–Kier alpha value is -3.91. The molecule has 2 heterocycles. The zero-order valence-electron chi connectivity index (χ0n) is 16.4. The smallest absolute Gasteiger partial charge is 0.265 e. The summed E-state index contributed by atoms with van der Waals surface area (Å²) in [6, 6.07) is 12.2. The predicted octanol–water partition coefficient (Wildman–Crippen LogP) is 2.23. The van der Waals surface area contributed by atoms with Crippen molar-refractivity contribution in [2.24, 2.45) is 0 Å². The number of nitriles is 1. The monoisotopic (exact) mass is 439 g/mol. The van der Waals surface area contributed by atoms with Crippen LogP contribution < -0.4 is 14.4 Å². The first-order valence-corrected chi connectivity index (χ1v) is 10.8. The molecule has 4 rings (SSSR count). The molecule has 158 valence electrons. The minimum absolute atomic E-state index is 0.0191. The van der Waals surface area contributed by atoms with Crippen LogP contribution in [0.2, 0.25) is 0 Å². The van der Waals surface area contributed by atoms with Crippen LogP contribution in [0.4, 0.5) is 11.4 Å². The highest BCUT2D eigenvalue weighted by atomic mass is 32.2. The number of anilines is 2. The molecule has 0 radical (unpaired) electrons. The minimum atomic E-state index is -3.96. The number of hydrogen-bond donors (Lipinski definition) is 1. The van der Waals surface area contributed by atoms with Gasteiger partial charge in [0, 0.05) is 12.1 Å². The van der Waals surface area contributed by atoms with E-state index in [1.165, 1.54) is 47.4 Å². The number of benzene rings is 2. The van der Waals surface area contributed by atoms with Gasteiger partial charge in [-0.15, -0.1) is 0 Å². The van der Waals surface area contributed by atoms with E-state index in [0.717, 1.165) is 0 Å². The van der Waals surface area contributed by atoms with Gasteiger partial charge in [0.15, 0.2) is 12.4 Å². The molecule has 0 aliphatic carbocycles. The lowest BCUT2D eigenvalue weighted by Crippen LogP contribution is -2.38. The van der Waals surface area contributed by atoms with Crippen molar-refractivity contribution in [1.29, 1.82) is 5.26 Å². The molecule has 0 fully saturated rings. The van der Waals surface area contributed by atoms with Crippen LogP contribution in [0.3, 0.4) is 0 Å². The van der Waals surface area contributed by atoms with Crippen LogP contribution >= 0.6 is 0 Å². The van der Waals surface area contributed by atoms with Crippen LogP contribution in [0.1, 0.15) is 24.2 Å². The van der Waals surface area contributed by atoms with Gasteiger partial charge < -0.3 is 9.26 Å². The summed E-state index contributed by atoms with van der Waals surface area (Å²) in [6.07, 6.45) is 0.560. The maximum Gasteiger partial charge on any atom is 0.265 e. The van der Waals surface area contributed by atoms with Crippen molar-refractivity contribution in [1.82, 2.24) is 10.1 Å². The van der Waals surface area contributed by atoms with E-state index in [-0.39, 0.29) is 24.0 Å². The first-order valence-electron chi connectivity index (χ1n) is 9.31. The second-order valence-corrected chi connectivity index (χ2v) is 8.33. The van der Waals surface area contributed by atoms with Crippen molar-refractivity contribution in [3.63, 3.8) is 0 Å². The Balaban J connectivity index is 1.64. The summed E-state index contributed by atoms with van der Waals surface area (Å²) in [4.78, 5) is 18.0. The fourth-order valence-electron chi connectivity index (χ4n) is 2.99. The fourth-order valence-corrected chi connectivity index (χ4v) is 4.07. The fraction of sp³-hybridized carbons (Fsp3) is 0.200. The molecular formula is C20H17N5O5S. The number of carbonyl (C=O) groups is 1. The van der Waals surface area contributed by atoms with E-state index in [4.69, 9.17) is 14.5 Å². The molecule has 0 saturated heterocycles. The number of amides is 1. The van der Waals surface area contributed by atoms with Gasteiger partial charge in [0.25, 0.3) is 15.9 Å². The third kappa shape index (κ3) is 4.19. The van der Waals surface area contributed by atoms with Gasteiger partial charge in [0.05, 0.1) is 28.8 Å². The number of fused-ring (bicyclic) bond motifs is 1. The molecule has 11 heteroatoms. The molecule has 2 aromatic carbocycles. The maximum atomic E-state index is 12.9. The van der Waals surface area contributed by atoms with E-state index in [1.807, 2.05) is 13.0 Å². The highest BCUT2D eigenvalue weighted by Gasteiger charge is 2.29. The number of aryl methyl sites for hydroxylation is 1. The standard InChI is InChI=1S/C20H17N5O5S/c1-2-19-22-18(23-30-19)11-25-16-9-15(7-8-17(16)29-12-20(25)26)31(27,28)24-14-5-3-13(10-21)4-6-14/h3-9,24H,2,11-12H2,1H3. The molecule has 0 saturated carbocycles. The zero-order chi connectivity index (χ0) is 22.0. The van der Waals surface area contributed by atoms with Gasteiger partial charge >= 0.3 is 0 Å². The lowest BCUT2D eigenvalue weighted by Gasteiger charge is -2.28. The van der Waals surface area contributed by atoms with Gasteiger partial charge in [-0.2, -0.15) is 10.2 Å². The molecular weight excluding hydrogens is 422 g/mol. The molecule has 0 atom stereocenters. The molecule has 10 nitrogen and oxygen atoms in total. The van der Waals surface area contributed by atoms with E-state index in [1.54, 1.807) is 0 Å². The number of sulfonamides is 1. The van der Waals surface area contributed by atoms with Gasteiger partial charge in [-0.25, -0.2) is 8.42 Å². The average molecular weight is 439 g/mol. The Morgan fingerprint density at radius 2 is 2.00 bits per heavy atom. The van der Waals surface area contributed by atoms with Crippen molar-refractivity contribution < 1.29 is 22.5 Å². The summed E-state index contributed by atoms with van der Waals surface area (Å²) >= 11 is 0. The van der Waals surface area contributed by atoms with Gasteiger partial charge in [0.1, 0.15) is 5.75 Å². The van der Waals surface area contributed by atoms with E-state index < -0.39 is 10.0 Å². The maximum absolute atomic E-state index is 12.9. The average Bonchev–Trinajstić information content (AvgIpc) is 3.23. The molecule has 1 aliphatic heterocycles. The molecule has 3 aromatic rings. The first kappa shape index (κ1) is 20.4. The molecule has 1 amide bonds. The van der Waals surface area contributed by atoms with E-state index in [0.29, 0.717) is 40.8 Å². The first-order chi connectivity index (χ1) is 14.9. The highest BCUT2D eigenvalue weighted by molar-refractivity contribution is 7.92. The lowest BCUT2D eigenvalue weighted by atomic mass is 10.2. The number of hydrogen-bond acceptors (Lipinski definition) is 8. The second-order valence-electron chi connectivity index (χ2n) is 6.65. The van der Waals surface area contributed by atoms with Gasteiger partial charge in [-0.3, -0.25) is 14.4 Å². The van der Waals surface area contributed by atoms with Crippen LogP contribution in [-0.2, 0) is 27.8 Å². The van der Waals surface area contributed by atoms with Gasteiger partial charge in [-0.05, 0) is 42.5 Å².